The molecule has 2 amide bonds. The molecule has 1 atom stereocenters. The SMILES string of the molecule is CNC1C=C(N2CCCc3cc(C(=O)N4CCCCC4)[nH]c32)C=CN1C=O. The van der Waals surface area contributed by atoms with Crippen LogP contribution in [0.25, 0.3) is 0 Å². The average Bonchev–Trinajstić information content (AvgIpc) is 3.17. The van der Waals surface area contributed by atoms with Crippen molar-refractivity contribution < 1.29 is 9.59 Å². The van der Waals surface area contributed by atoms with Gasteiger partial charge in [-0.25, -0.2) is 0 Å². The maximum atomic E-state index is 12.9. The molecule has 0 spiro atoms. The molecule has 3 aliphatic heterocycles. The topological polar surface area (TPSA) is 71.7 Å². The van der Waals surface area contributed by atoms with Crippen LogP contribution < -0.4 is 10.2 Å². The Labute approximate surface area is 159 Å². The van der Waals surface area contributed by atoms with Crippen molar-refractivity contribution in [3.63, 3.8) is 0 Å². The minimum absolute atomic E-state index is 0.109. The minimum atomic E-state index is -0.169. The zero-order valence-corrected chi connectivity index (χ0v) is 15.8. The highest BCUT2D eigenvalue weighted by molar-refractivity contribution is 5.94. The van der Waals surface area contributed by atoms with Crippen molar-refractivity contribution in [2.75, 3.05) is 31.6 Å². The first-order chi connectivity index (χ1) is 13.2. The van der Waals surface area contributed by atoms with Gasteiger partial charge in [-0.3, -0.25) is 14.9 Å². The highest BCUT2D eigenvalue weighted by Crippen LogP contribution is 2.32. The quantitative estimate of drug-likeness (QED) is 0.794. The van der Waals surface area contributed by atoms with Gasteiger partial charge in [-0.05, 0) is 62.9 Å². The van der Waals surface area contributed by atoms with Crippen molar-refractivity contribution in [1.29, 1.82) is 0 Å². The predicted molar refractivity (Wildman–Crippen MR) is 104 cm³/mol. The fourth-order valence-corrected chi connectivity index (χ4v) is 4.17. The van der Waals surface area contributed by atoms with E-state index in [9.17, 15) is 9.59 Å². The third-order valence-electron chi connectivity index (χ3n) is 5.64. The van der Waals surface area contributed by atoms with Gasteiger partial charge in [0.05, 0.1) is 0 Å². The van der Waals surface area contributed by atoms with Crippen LogP contribution in [0.3, 0.4) is 0 Å². The molecule has 1 fully saturated rings. The van der Waals surface area contributed by atoms with E-state index in [-0.39, 0.29) is 12.1 Å². The fourth-order valence-electron chi connectivity index (χ4n) is 4.17. The van der Waals surface area contributed by atoms with Gasteiger partial charge >= 0.3 is 0 Å². The number of carbonyl (C=O) groups excluding carboxylic acids is 2. The van der Waals surface area contributed by atoms with E-state index in [0.717, 1.165) is 63.2 Å². The molecule has 0 aromatic carbocycles. The Morgan fingerprint density at radius 3 is 2.78 bits per heavy atom. The van der Waals surface area contributed by atoms with Crippen molar-refractivity contribution in [2.24, 2.45) is 0 Å². The van der Waals surface area contributed by atoms with Gasteiger partial charge < -0.3 is 19.7 Å². The number of nitrogens with one attached hydrogen (secondary N) is 2. The Balaban J connectivity index is 1.59. The summed E-state index contributed by atoms with van der Waals surface area (Å²) in [4.78, 5) is 33.2. The summed E-state index contributed by atoms with van der Waals surface area (Å²) in [7, 11) is 1.83. The van der Waals surface area contributed by atoms with Crippen molar-refractivity contribution >= 4 is 18.1 Å². The maximum absolute atomic E-state index is 12.9. The molecule has 0 aliphatic carbocycles. The molecular formula is C20H27N5O2. The van der Waals surface area contributed by atoms with Crippen LogP contribution in [0.2, 0.25) is 0 Å². The van der Waals surface area contributed by atoms with Crippen molar-refractivity contribution in [3.05, 3.63) is 41.4 Å². The van der Waals surface area contributed by atoms with E-state index >= 15 is 0 Å². The van der Waals surface area contributed by atoms with Gasteiger partial charge in [0.15, 0.2) is 0 Å². The summed E-state index contributed by atoms with van der Waals surface area (Å²) in [6.07, 6.45) is 11.8. The first-order valence-corrected chi connectivity index (χ1v) is 9.80. The monoisotopic (exact) mass is 369 g/mol. The zero-order chi connectivity index (χ0) is 18.8. The molecule has 27 heavy (non-hydrogen) atoms. The van der Waals surface area contributed by atoms with Crippen molar-refractivity contribution in [3.8, 4) is 0 Å². The summed E-state index contributed by atoms with van der Waals surface area (Å²) in [6.45, 7) is 2.59. The lowest BCUT2D eigenvalue weighted by Gasteiger charge is -2.34. The van der Waals surface area contributed by atoms with E-state index in [2.05, 4.69) is 15.2 Å². The molecule has 1 saturated heterocycles. The summed E-state index contributed by atoms with van der Waals surface area (Å²) >= 11 is 0. The average molecular weight is 369 g/mol. The van der Waals surface area contributed by atoms with Crippen molar-refractivity contribution in [2.45, 2.75) is 38.3 Å². The molecule has 0 saturated carbocycles. The Bertz CT molecular complexity index is 775. The number of rotatable bonds is 4. The first-order valence-electron chi connectivity index (χ1n) is 9.80. The van der Waals surface area contributed by atoms with Gasteiger partial charge in [0.25, 0.3) is 5.91 Å². The minimum Gasteiger partial charge on any atom is -0.337 e. The summed E-state index contributed by atoms with van der Waals surface area (Å²) in [5.74, 6) is 1.12. The second kappa shape index (κ2) is 7.60. The van der Waals surface area contributed by atoms with Crippen LogP contribution in [0, 0.1) is 0 Å². The maximum Gasteiger partial charge on any atom is 0.270 e. The lowest BCUT2D eigenvalue weighted by Crippen LogP contribution is -2.42. The molecule has 1 aromatic heterocycles. The van der Waals surface area contributed by atoms with Crippen LogP contribution in [0.5, 0.6) is 0 Å². The third-order valence-corrected chi connectivity index (χ3v) is 5.64. The van der Waals surface area contributed by atoms with Crippen LogP contribution in [0.4, 0.5) is 5.82 Å². The van der Waals surface area contributed by atoms with Gasteiger partial charge in [0, 0.05) is 31.5 Å². The van der Waals surface area contributed by atoms with Gasteiger partial charge in [0.2, 0.25) is 6.41 Å². The smallest absolute Gasteiger partial charge is 0.270 e. The van der Waals surface area contributed by atoms with Crippen LogP contribution in [0.1, 0.15) is 41.7 Å². The Kier molecular flexibility index (Phi) is 5.03. The highest BCUT2D eigenvalue weighted by atomic mass is 16.2. The predicted octanol–water partition coefficient (Wildman–Crippen LogP) is 1.81. The number of H-pyrrole nitrogens is 1. The van der Waals surface area contributed by atoms with Crippen LogP contribution >= 0.6 is 0 Å². The number of allylic oxidation sites excluding steroid dienone is 1. The zero-order valence-electron chi connectivity index (χ0n) is 15.8. The van der Waals surface area contributed by atoms with Gasteiger partial charge in [-0.15, -0.1) is 0 Å². The van der Waals surface area contributed by atoms with E-state index in [1.165, 1.54) is 12.0 Å². The number of aryl methyl sites for hydroxylation is 1. The second-order valence-corrected chi connectivity index (χ2v) is 7.36. The molecule has 0 bridgehead atoms. The molecule has 2 N–H and O–H groups in total. The molecular weight excluding hydrogens is 342 g/mol. The largest absolute Gasteiger partial charge is 0.337 e. The van der Waals surface area contributed by atoms with Crippen LogP contribution in [-0.4, -0.2) is 59.9 Å². The summed E-state index contributed by atoms with van der Waals surface area (Å²) in [5, 5.41) is 3.13. The standard InChI is InChI=1S/C20H27N5O2/c1-21-18-13-16(7-11-24(18)14-26)25-10-5-6-15-12-17(22-19(15)25)20(27)23-8-3-2-4-9-23/h7,11-14,18,21-22H,2-6,8-10H2,1H3. The number of fused-ring (bicyclic) bond motifs is 1. The molecule has 0 radical (unpaired) electrons. The molecule has 1 aromatic rings. The number of nitrogens with zero attached hydrogens (tertiary/aromatic N) is 3. The third kappa shape index (κ3) is 3.39. The number of carbonyl (C=O) groups is 2. The number of aromatic amines is 1. The molecule has 1 unspecified atom stereocenters. The first kappa shape index (κ1) is 17.9. The number of hydrogen-bond donors (Lipinski definition) is 2. The number of anilines is 1. The molecule has 144 valence electrons. The molecule has 4 rings (SSSR count). The van der Waals surface area contributed by atoms with Crippen LogP contribution in [0.15, 0.2) is 30.1 Å². The van der Waals surface area contributed by atoms with Gasteiger partial charge in [0.1, 0.15) is 17.7 Å². The molecule has 3 aliphatic rings. The number of piperidine rings is 1. The summed E-state index contributed by atoms with van der Waals surface area (Å²) < 4.78 is 0. The lowest BCUT2D eigenvalue weighted by atomic mass is 10.1. The van der Waals surface area contributed by atoms with E-state index in [1.807, 2.05) is 30.2 Å². The van der Waals surface area contributed by atoms with Gasteiger partial charge in [-0.2, -0.15) is 0 Å². The Morgan fingerprint density at radius 1 is 1.22 bits per heavy atom. The van der Waals surface area contributed by atoms with E-state index in [1.54, 1.807) is 11.1 Å². The second-order valence-electron chi connectivity index (χ2n) is 7.36. The van der Waals surface area contributed by atoms with E-state index in [4.69, 9.17) is 0 Å². The number of aromatic nitrogens is 1. The Morgan fingerprint density at radius 2 is 2.04 bits per heavy atom. The highest BCUT2D eigenvalue weighted by Gasteiger charge is 2.27. The number of likely N-dealkylation sites (N-methyl/N-ethyl adjacent to an activating group) is 1. The number of amides is 2. The molecule has 7 heteroatoms. The normalized spacial score (nSPS) is 22.5. The van der Waals surface area contributed by atoms with E-state index < -0.39 is 0 Å². The molecule has 4 heterocycles. The summed E-state index contributed by atoms with van der Waals surface area (Å²) in [6, 6.07) is 2.03. The van der Waals surface area contributed by atoms with Gasteiger partial charge in [-0.1, -0.05) is 0 Å². The van der Waals surface area contributed by atoms with E-state index in [0.29, 0.717) is 5.69 Å². The Hall–Kier alpha value is -2.54. The van der Waals surface area contributed by atoms with Crippen LogP contribution in [-0.2, 0) is 11.2 Å². The fraction of sp³-hybridized carbons (Fsp3) is 0.500. The number of likely N-dealkylation sites (tertiary alicyclic amines) is 1. The van der Waals surface area contributed by atoms with Crippen molar-refractivity contribution in [1.82, 2.24) is 20.1 Å². The number of hydrogen-bond acceptors (Lipinski definition) is 4. The lowest BCUT2D eigenvalue weighted by molar-refractivity contribution is -0.117. The summed E-state index contributed by atoms with van der Waals surface area (Å²) in [5.41, 5.74) is 2.91. The molecule has 7 nitrogen and oxygen atoms in total.